The fourth-order valence-electron chi connectivity index (χ4n) is 4.92. The molecule has 1 amide bonds. The normalized spacial score (nSPS) is 19.6. The van der Waals surface area contributed by atoms with Gasteiger partial charge >= 0.3 is 5.76 Å². The molecule has 1 aliphatic carbocycles. The number of benzene rings is 1. The molecule has 1 aliphatic heterocycles. The van der Waals surface area contributed by atoms with Crippen molar-refractivity contribution in [3.05, 3.63) is 78.1 Å². The zero-order valence-electron chi connectivity index (χ0n) is 20.6. The zero-order chi connectivity index (χ0) is 28.2. The molecular weight excluding hydrogens is 550 g/mol. The molecule has 1 saturated carbocycles. The molecule has 2 atom stereocenters. The Labute approximate surface area is 226 Å². The zero-order valence-corrected chi connectivity index (χ0v) is 21.5. The lowest BCUT2D eigenvalue weighted by Gasteiger charge is -2.21. The molecule has 0 radical (unpaired) electrons. The Bertz CT molecular complexity index is 1740. The molecule has 4 aromatic rings. The molecule has 40 heavy (non-hydrogen) atoms. The second-order valence-corrected chi connectivity index (χ2v) is 11.7. The highest BCUT2D eigenvalue weighted by Gasteiger charge is 2.71. The molecule has 8 nitrogen and oxygen atoms in total. The van der Waals surface area contributed by atoms with Gasteiger partial charge in [0.05, 0.1) is 45.9 Å². The van der Waals surface area contributed by atoms with Crippen LogP contribution in [0.25, 0.3) is 22.3 Å². The average molecular weight is 572 g/mol. The van der Waals surface area contributed by atoms with Gasteiger partial charge in [-0.25, -0.2) is 27.2 Å². The first-order valence-corrected chi connectivity index (χ1v) is 13.8. The topological polar surface area (TPSA) is 105 Å². The summed E-state index contributed by atoms with van der Waals surface area (Å²) in [7, 11) is -4.84. The Kier molecular flexibility index (Phi) is 6.21. The summed E-state index contributed by atoms with van der Waals surface area (Å²) in [6, 6.07) is 15.1. The number of anilines is 1. The summed E-state index contributed by atoms with van der Waals surface area (Å²) in [6.45, 7) is 0.515. The Morgan fingerprint density at radius 2 is 1.73 bits per heavy atom. The first-order valence-electron chi connectivity index (χ1n) is 12.3. The van der Waals surface area contributed by atoms with Gasteiger partial charge in [-0.2, -0.15) is 8.78 Å². The Hall–Kier alpha value is -4.13. The number of rotatable bonds is 7. The van der Waals surface area contributed by atoms with Crippen molar-refractivity contribution in [2.75, 3.05) is 18.0 Å². The van der Waals surface area contributed by atoms with E-state index >= 15 is 0 Å². The van der Waals surface area contributed by atoms with Crippen molar-refractivity contribution in [2.24, 2.45) is 11.8 Å². The van der Waals surface area contributed by atoms with Gasteiger partial charge in [0.1, 0.15) is 5.82 Å². The number of sulfone groups is 1. The van der Waals surface area contributed by atoms with E-state index in [1.165, 1.54) is 12.1 Å². The van der Waals surface area contributed by atoms with Crippen LogP contribution in [0.1, 0.15) is 16.1 Å². The van der Waals surface area contributed by atoms with Gasteiger partial charge in [-0.3, -0.25) is 9.78 Å². The number of fused-ring (bicyclic) bond motifs is 2. The van der Waals surface area contributed by atoms with E-state index in [4.69, 9.17) is 0 Å². The Morgan fingerprint density at radius 1 is 1.00 bits per heavy atom. The van der Waals surface area contributed by atoms with Crippen molar-refractivity contribution in [1.82, 2.24) is 20.3 Å². The molecule has 4 heterocycles. The van der Waals surface area contributed by atoms with Crippen molar-refractivity contribution in [1.29, 1.82) is 0 Å². The maximum Gasteiger partial charge on any atom is 0.341 e. The minimum Gasteiger partial charge on any atom is -0.356 e. The number of aromatic nitrogens is 3. The first-order chi connectivity index (χ1) is 19.0. The number of amides is 1. The summed E-state index contributed by atoms with van der Waals surface area (Å²) in [5.41, 5.74) is 2.10. The van der Waals surface area contributed by atoms with Crippen LogP contribution in [0.15, 0.2) is 71.8 Å². The van der Waals surface area contributed by atoms with Crippen molar-refractivity contribution in [3.63, 3.8) is 0 Å². The highest BCUT2D eigenvalue weighted by atomic mass is 32.2. The second kappa shape index (κ2) is 9.51. The molecule has 0 spiro atoms. The van der Waals surface area contributed by atoms with E-state index in [1.54, 1.807) is 36.5 Å². The van der Waals surface area contributed by atoms with Crippen molar-refractivity contribution >= 4 is 32.5 Å². The largest absolute Gasteiger partial charge is 0.356 e. The van der Waals surface area contributed by atoms with Crippen molar-refractivity contribution in [2.45, 2.75) is 23.1 Å². The molecule has 2 unspecified atom stereocenters. The molecule has 3 aromatic heterocycles. The standard InChI is InChI=1S/C27H21F4N5O3S/c28-26(29)40(38,39)18-4-1-3-15(9-18)25(37)33-12-17-10-23-16(11-32-17)7-8-22(34-23)21-5-2-6-24(35-21)36-13-19-20(14-36)27(19,30)31/h1-11,19-20,26H,12-14H2,(H,33,37). The lowest BCUT2D eigenvalue weighted by molar-refractivity contribution is 0.0796. The molecule has 1 N–H and O–H groups in total. The molecule has 206 valence electrons. The monoisotopic (exact) mass is 571 g/mol. The number of pyridine rings is 3. The number of halogens is 4. The lowest BCUT2D eigenvalue weighted by Crippen LogP contribution is -2.28. The predicted molar refractivity (Wildman–Crippen MR) is 138 cm³/mol. The molecule has 6 rings (SSSR count). The van der Waals surface area contributed by atoms with Crippen LogP contribution in [0.5, 0.6) is 0 Å². The van der Waals surface area contributed by atoms with Gasteiger partial charge in [-0.05, 0) is 48.5 Å². The fraction of sp³-hybridized carbons (Fsp3) is 0.259. The van der Waals surface area contributed by atoms with Crippen LogP contribution in [0.2, 0.25) is 0 Å². The minimum absolute atomic E-state index is 0.0256. The number of hydrogen-bond acceptors (Lipinski definition) is 7. The number of nitrogens with zero attached hydrogens (tertiary/aromatic N) is 4. The predicted octanol–water partition coefficient (Wildman–Crippen LogP) is 4.32. The number of carbonyl (C=O) groups is 1. The van der Waals surface area contributed by atoms with E-state index < -0.39 is 44.2 Å². The van der Waals surface area contributed by atoms with Gasteiger partial charge in [0, 0.05) is 30.2 Å². The fourth-order valence-corrected chi connectivity index (χ4v) is 5.69. The number of carbonyl (C=O) groups excluding carboxylic acids is 1. The van der Waals surface area contributed by atoms with Gasteiger partial charge in [0.15, 0.2) is 0 Å². The molecule has 2 aliphatic rings. The molecule has 1 saturated heterocycles. The van der Waals surface area contributed by atoms with Gasteiger partial charge in [-0.1, -0.05) is 12.1 Å². The van der Waals surface area contributed by atoms with E-state index in [-0.39, 0.29) is 25.2 Å². The highest BCUT2D eigenvalue weighted by Crippen LogP contribution is 2.59. The summed E-state index contributed by atoms with van der Waals surface area (Å²) < 4.78 is 76.4. The molecule has 2 fully saturated rings. The summed E-state index contributed by atoms with van der Waals surface area (Å²) in [4.78, 5) is 27.4. The second-order valence-electron chi connectivity index (χ2n) is 9.75. The third-order valence-electron chi connectivity index (χ3n) is 7.24. The summed E-state index contributed by atoms with van der Waals surface area (Å²) in [5.74, 6) is -7.44. The molecular formula is C27H21F4N5O3S. The first kappa shape index (κ1) is 26.1. The van der Waals surface area contributed by atoms with Crippen LogP contribution >= 0.6 is 0 Å². The van der Waals surface area contributed by atoms with E-state index in [2.05, 4.69) is 20.3 Å². The third-order valence-corrected chi connectivity index (χ3v) is 8.62. The van der Waals surface area contributed by atoms with E-state index in [0.29, 0.717) is 28.4 Å². The van der Waals surface area contributed by atoms with Crippen LogP contribution < -0.4 is 10.2 Å². The van der Waals surface area contributed by atoms with Crippen LogP contribution in [0.3, 0.4) is 0 Å². The molecule has 1 aromatic carbocycles. The molecule has 0 bridgehead atoms. The van der Waals surface area contributed by atoms with Gasteiger partial charge in [-0.15, -0.1) is 0 Å². The molecule has 13 heteroatoms. The maximum atomic E-state index is 13.6. The number of alkyl halides is 4. The Morgan fingerprint density at radius 3 is 2.48 bits per heavy atom. The minimum atomic E-state index is -4.84. The van der Waals surface area contributed by atoms with Crippen LogP contribution in [0.4, 0.5) is 23.4 Å². The summed E-state index contributed by atoms with van der Waals surface area (Å²) >= 11 is 0. The maximum absolute atomic E-state index is 13.6. The quantitative estimate of drug-likeness (QED) is 0.330. The van der Waals surface area contributed by atoms with Crippen LogP contribution in [-0.2, 0) is 16.4 Å². The van der Waals surface area contributed by atoms with E-state index in [0.717, 1.165) is 17.5 Å². The average Bonchev–Trinajstić information content (AvgIpc) is 3.27. The smallest absolute Gasteiger partial charge is 0.341 e. The van der Waals surface area contributed by atoms with E-state index in [1.807, 2.05) is 11.0 Å². The lowest BCUT2D eigenvalue weighted by atomic mass is 10.1. The van der Waals surface area contributed by atoms with Crippen LogP contribution in [0, 0.1) is 11.8 Å². The number of hydrogen-bond donors (Lipinski definition) is 1. The third kappa shape index (κ3) is 4.63. The summed E-state index contributed by atoms with van der Waals surface area (Å²) in [6.07, 6.45) is 1.59. The van der Waals surface area contributed by atoms with E-state index in [9.17, 15) is 30.8 Å². The highest BCUT2D eigenvalue weighted by molar-refractivity contribution is 7.91. The summed E-state index contributed by atoms with van der Waals surface area (Å²) in [5, 5.41) is 3.34. The van der Waals surface area contributed by atoms with Gasteiger partial charge < -0.3 is 10.2 Å². The van der Waals surface area contributed by atoms with Gasteiger partial charge in [0.25, 0.3) is 11.8 Å². The number of nitrogens with one attached hydrogen (secondary N) is 1. The van der Waals surface area contributed by atoms with Crippen molar-refractivity contribution in [3.8, 4) is 11.4 Å². The van der Waals surface area contributed by atoms with Gasteiger partial charge in [0.2, 0.25) is 9.84 Å². The SMILES string of the molecule is O=C(NCc1cc2nc(-c3cccc(N4CC5C(C4)C5(F)F)n3)ccc2cn1)c1cccc(S(=O)(=O)C(F)F)c1. The number of piperidine rings is 1. The Balaban J connectivity index is 1.17. The van der Waals surface area contributed by atoms with Crippen molar-refractivity contribution < 1.29 is 30.8 Å². The van der Waals surface area contributed by atoms with Crippen LogP contribution in [-0.4, -0.2) is 54.0 Å².